The number of carbonyl (C=O) groups is 1. The first kappa shape index (κ1) is 26.9. The van der Waals surface area contributed by atoms with Crippen molar-refractivity contribution >= 4 is 34.8 Å². The standard InChI is InChI=1S/C28H32Cl2N2O3/c1-18(2)32(19(3)4)13-14-35-27-17-23(10-12-26(27)34-5)31-28(33)24-11-9-21(16-25(24)30)20-7-6-8-22(29)15-20/h6-12,15-19H,13-14H2,1-5H3,(H,31,33). The molecular weight excluding hydrogens is 483 g/mol. The molecule has 0 aliphatic heterocycles. The van der Waals surface area contributed by atoms with E-state index in [0.29, 0.717) is 51.5 Å². The summed E-state index contributed by atoms with van der Waals surface area (Å²) in [6, 6.07) is 19.0. The van der Waals surface area contributed by atoms with Crippen LogP contribution in [0.2, 0.25) is 10.0 Å². The van der Waals surface area contributed by atoms with Gasteiger partial charge in [0.1, 0.15) is 6.61 Å². The molecule has 3 aromatic rings. The number of rotatable bonds is 10. The molecule has 7 heteroatoms. The molecule has 186 valence electrons. The molecule has 3 rings (SSSR count). The average Bonchev–Trinajstić information content (AvgIpc) is 2.81. The predicted octanol–water partition coefficient (Wildman–Crippen LogP) is 7.42. The van der Waals surface area contributed by atoms with Gasteiger partial charge >= 0.3 is 0 Å². The summed E-state index contributed by atoms with van der Waals surface area (Å²) in [7, 11) is 1.59. The van der Waals surface area contributed by atoms with Crippen LogP contribution in [0, 0.1) is 0 Å². The number of halogens is 2. The second kappa shape index (κ2) is 12.3. The topological polar surface area (TPSA) is 50.8 Å². The number of ether oxygens (including phenoxy) is 2. The molecule has 0 bridgehead atoms. The van der Waals surface area contributed by atoms with E-state index in [2.05, 4.69) is 37.9 Å². The molecule has 1 N–H and O–H groups in total. The van der Waals surface area contributed by atoms with E-state index in [1.807, 2.05) is 30.3 Å². The van der Waals surface area contributed by atoms with Crippen molar-refractivity contribution in [1.29, 1.82) is 0 Å². The Morgan fingerprint density at radius 3 is 2.26 bits per heavy atom. The summed E-state index contributed by atoms with van der Waals surface area (Å²) in [5, 5.41) is 3.90. The third kappa shape index (κ3) is 7.14. The maximum atomic E-state index is 13.0. The monoisotopic (exact) mass is 514 g/mol. The van der Waals surface area contributed by atoms with Gasteiger partial charge in [-0.15, -0.1) is 0 Å². The zero-order valence-electron chi connectivity index (χ0n) is 20.8. The van der Waals surface area contributed by atoms with Crippen molar-refractivity contribution in [1.82, 2.24) is 4.90 Å². The Bertz CT molecular complexity index is 1160. The predicted molar refractivity (Wildman–Crippen MR) is 145 cm³/mol. The average molecular weight is 515 g/mol. The van der Waals surface area contributed by atoms with Gasteiger partial charge in [-0.2, -0.15) is 0 Å². The lowest BCUT2D eigenvalue weighted by Gasteiger charge is -2.30. The number of benzene rings is 3. The fourth-order valence-corrected chi connectivity index (χ4v) is 4.44. The van der Waals surface area contributed by atoms with Gasteiger partial charge < -0.3 is 14.8 Å². The Labute approximate surface area is 217 Å². The molecule has 0 heterocycles. The Hall–Kier alpha value is -2.73. The first-order valence-electron chi connectivity index (χ1n) is 11.6. The van der Waals surface area contributed by atoms with Crippen molar-refractivity contribution in [2.24, 2.45) is 0 Å². The minimum atomic E-state index is -0.311. The van der Waals surface area contributed by atoms with Gasteiger partial charge in [-0.1, -0.05) is 41.4 Å². The summed E-state index contributed by atoms with van der Waals surface area (Å²) in [4.78, 5) is 15.3. The Balaban J connectivity index is 1.72. The van der Waals surface area contributed by atoms with E-state index in [1.54, 1.807) is 37.4 Å². The van der Waals surface area contributed by atoms with Crippen LogP contribution in [0.5, 0.6) is 11.5 Å². The van der Waals surface area contributed by atoms with Crippen LogP contribution in [0.3, 0.4) is 0 Å². The quantitative estimate of drug-likeness (QED) is 0.305. The van der Waals surface area contributed by atoms with Crippen LogP contribution >= 0.6 is 23.2 Å². The first-order chi connectivity index (χ1) is 16.7. The lowest BCUT2D eigenvalue weighted by molar-refractivity contribution is 0.102. The Kier molecular flexibility index (Phi) is 9.44. The van der Waals surface area contributed by atoms with E-state index in [0.717, 1.165) is 17.7 Å². The SMILES string of the molecule is COc1ccc(NC(=O)c2ccc(-c3cccc(Cl)c3)cc2Cl)cc1OCCN(C(C)C)C(C)C. The molecule has 5 nitrogen and oxygen atoms in total. The van der Waals surface area contributed by atoms with Gasteiger partial charge in [0.2, 0.25) is 0 Å². The van der Waals surface area contributed by atoms with Crippen molar-refractivity contribution in [3.05, 3.63) is 76.3 Å². The maximum absolute atomic E-state index is 13.0. The van der Waals surface area contributed by atoms with E-state index in [4.69, 9.17) is 32.7 Å². The third-order valence-corrected chi connectivity index (χ3v) is 6.27. The van der Waals surface area contributed by atoms with Crippen LogP contribution in [-0.2, 0) is 0 Å². The summed E-state index contributed by atoms with van der Waals surface area (Å²) >= 11 is 12.6. The molecule has 0 aliphatic carbocycles. The van der Waals surface area contributed by atoms with Gasteiger partial charge in [-0.25, -0.2) is 0 Å². The van der Waals surface area contributed by atoms with E-state index in [9.17, 15) is 4.79 Å². The highest BCUT2D eigenvalue weighted by atomic mass is 35.5. The van der Waals surface area contributed by atoms with Crippen LogP contribution in [0.1, 0.15) is 38.1 Å². The summed E-state index contributed by atoms with van der Waals surface area (Å²) in [6.45, 7) is 9.96. The number of carbonyl (C=O) groups excluding carboxylic acids is 1. The van der Waals surface area contributed by atoms with E-state index < -0.39 is 0 Å². The van der Waals surface area contributed by atoms with Gasteiger partial charge in [-0.3, -0.25) is 9.69 Å². The summed E-state index contributed by atoms with van der Waals surface area (Å²) in [5.74, 6) is 0.863. The Morgan fingerprint density at radius 2 is 1.63 bits per heavy atom. The molecule has 1 amide bonds. The first-order valence-corrected chi connectivity index (χ1v) is 12.4. The molecule has 3 aromatic carbocycles. The van der Waals surface area contributed by atoms with Crippen LogP contribution < -0.4 is 14.8 Å². The van der Waals surface area contributed by atoms with Gasteiger partial charge in [-0.05, 0) is 75.2 Å². The van der Waals surface area contributed by atoms with Crippen molar-refractivity contribution < 1.29 is 14.3 Å². The molecule has 0 saturated carbocycles. The molecular formula is C28H32Cl2N2O3. The van der Waals surface area contributed by atoms with E-state index >= 15 is 0 Å². The van der Waals surface area contributed by atoms with Gasteiger partial charge in [0.25, 0.3) is 5.91 Å². The number of amides is 1. The van der Waals surface area contributed by atoms with E-state index in [1.165, 1.54) is 0 Å². The number of nitrogens with one attached hydrogen (secondary N) is 1. The zero-order valence-corrected chi connectivity index (χ0v) is 22.3. The highest BCUT2D eigenvalue weighted by molar-refractivity contribution is 6.34. The van der Waals surface area contributed by atoms with Crippen molar-refractivity contribution in [2.75, 3.05) is 25.6 Å². The summed E-state index contributed by atoms with van der Waals surface area (Å²) in [6.07, 6.45) is 0. The fraction of sp³-hybridized carbons (Fsp3) is 0.321. The number of methoxy groups -OCH3 is 1. The molecule has 0 unspecified atom stereocenters. The molecule has 0 saturated heterocycles. The number of hydrogen-bond acceptors (Lipinski definition) is 4. The minimum absolute atomic E-state index is 0.311. The minimum Gasteiger partial charge on any atom is -0.493 e. The molecule has 0 spiro atoms. The molecule has 0 aromatic heterocycles. The smallest absolute Gasteiger partial charge is 0.257 e. The molecule has 35 heavy (non-hydrogen) atoms. The summed E-state index contributed by atoms with van der Waals surface area (Å²) in [5.41, 5.74) is 2.77. The van der Waals surface area contributed by atoms with Gasteiger partial charge in [0.15, 0.2) is 11.5 Å². The summed E-state index contributed by atoms with van der Waals surface area (Å²) < 4.78 is 11.5. The Morgan fingerprint density at radius 1 is 0.914 bits per heavy atom. The maximum Gasteiger partial charge on any atom is 0.257 e. The normalized spacial score (nSPS) is 11.3. The highest BCUT2D eigenvalue weighted by Gasteiger charge is 2.16. The van der Waals surface area contributed by atoms with Crippen LogP contribution in [0.4, 0.5) is 5.69 Å². The second-order valence-corrected chi connectivity index (χ2v) is 9.64. The fourth-order valence-electron chi connectivity index (χ4n) is 3.99. The number of anilines is 1. The van der Waals surface area contributed by atoms with Crippen LogP contribution in [-0.4, -0.2) is 43.2 Å². The van der Waals surface area contributed by atoms with Crippen LogP contribution in [0.15, 0.2) is 60.7 Å². The van der Waals surface area contributed by atoms with Crippen molar-refractivity contribution in [3.8, 4) is 22.6 Å². The lowest BCUT2D eigenvalue weighted by atomic mass is 10.0. The largest absolute Gasteiger partial charge is 0.493 e. The molecule has 0 radical (unpaired) electrons. The molecule has 0 atom stereocenters. The van der Waals surface area contributed by atoms with Gasteiger partial charge in [0.05, 0.1) is 17.7 Å². The van der Waals surface area contributed by atoms with Gasteiger partial charge in [0, 0.05) is 35.4 Å². The number of nitrogens with zero attached hydrogens (tertiary/aromatic N) is 1. The van der Waals surface area contributed by atoms with Crippen molar-refractivity contribution in [3.63, 3.8) is 0 Å². The van der Waals surface area contributed by atoms with Crippen LogP contribution in [0.25, 0.3) is 11.1 Å². The second-order valence-electron chi connectivity index (χ2n) is 8.80. The lowest BCUT2D eigenvalue weighted by Crippen LogP contribution is -2.39. The third-order valence-electron chi connectivity index (χ3n) is 5.73. The van der Waals surface area contributed by atoms with E-state index in [-0.39, 0.29) is 5.91 Å². The zero-order chi connectivity index (χ0) is 25.5. The molecule has 0 aliphatic rings. The van der Waals surface area contributed by atoms with Crippen molar-refractivity contribution in [2.45, 2.75) is 39.8 Å². The number of hydrogen-bond donors (Lipinski definition) is 1. The molecule has 0 fully saturated rings. The highest BCUT2D eigenvalue weighted by Crippen LogP contribution is 2.32.